The van der Waals surface area contributed by atoms with Crippen LogP contribution in [0.1, 0.15) is 9.75 Å². The standard InChI is InChI=1S/C14H18N4OS/c1-11-3-4-13(20-11)9-17-5-6-18(14(19)10-17)12-7-15-16(2)8-12/h3-4,7-8H,5-6,9-10H2,1-2H3. The zero-order valence-corrected chi connectivity index (χ0v) is 12.6. The van der Waals surface area contributed by atoms with Crippen LogP contribution in [0.4, 0.5) is 5.69 Å². The summed E-state index contributed by atoms with van der Waals surface area (Å²) in [6.45, 7) is 5.09. The minimum atomic E-state index is 0.150. The minimum absolute atomic E-state index is 0.150. The highest BCUT2D eigenvalue weighted by atomic mass is 32.1. The fourth-order valence-corrected chi connectivity index (χ4v) is 3.40. The topological polar surface area (TPSA) is 41.4 Å². The quantitative estimate of drug-likeness (QED) is 0.863. The van der Waals surface area contributed by atoms with Crippen LogP contribution < -0.4 is 4.90 Å². The van der Waals surface area contributed by atoms with E-state index in [1.54, 1.807) is 22.2 Å². The molecular weight excluding hydrogens is 272 g/mol. The molecule has 106 valence electrons. The molecular formula is C14H18N4OS. The smallest absolute Gasteiger partial charge is 0.241 e. The number of carbonyl (C=O) groups excluding carboxylic acids is 1. The number of piperazine rings is 1. The number of amides is 1. The van der Waals surface area contributed by atoms with E-state index in [1.807, 2.05) is 18.1 Å². The van der Waals surface area contributed by atoms with Gasteiger partial charge in [0.25, 0.3) is 0 Å². The van der Waals surface area contributed by atoms with Crippen molar-refractivity contribution in [2.24, 2.45) is 7.05 Å². The van der Waals surface area contributed by atoms with Crippen molar-refractivity contribution in [1.82, 2.24) is 14.7 Å². The Kier molecular flexibility index (Phi) is 3.58. The highest BCUT2D eigenvalue weighted by Crippen LogP contribution is 2.20. The molecule has 1 aliphatic heterocycles. The SMILES string of the molecule is Cc1ccc(CN2CCN(c3cnn(C)c3)C(=O)C2)s1. The largest absolute Gasteiger partial charge is 0.307 e. The van der Waals surface area contributed by atoms with Crippen LogP contribution in [0.3, 0.4) is 0 Å². The predicted molar refractivity (Wildman–Crippen MR) is 79.9 cm³/mol. The number of anilines is 1. The van der Waals surface area contributed by atoms with Gasteiger partial charge in [-0.05, 0) is 19.1 Å². The van der Waals surface area contributed by atoms with Crippen molar-refractivity contribution >= 4 is 22.9 Å². The molecule has 6 heteroatoms. The first-order valence-electron chi connectivity index (χ1n) is 6.68. The van der Waals surface area contributed by atoms with Crippen molar-refractivity contribution in [3.63, 3.8) is 0 Å². The molecule has 1 aliphatic rings. The van der Waals surface area contributed by atoms with Gasteiger partial charge in [0.05, 0.1) is 18.4 Å². The average molecular weight is 290 g/mol. The lowest BCUT2D eigenvalue weighted by molar-refractivity contribution is -0.121. The van der Waals surface area contributed by atoms with E-state index in [1.165, 1.54) is 9.75 Å². The predicted octanol–water partition coefficient (Wildman–Crippen LogP) is 1.64. The Morgan fingerprint density at radius 3 is 2.80 bits per heavy atom. The second-order valence-corrected chi connectivity index (χ2v) is 6.51. The molecule has 0 atom stereocenters. The van der Waals surface area contributed by atoms with Gasteiger partial charge < -0.3 is 4.90 Å². The summed E-state index contributed by atoms with van der Waals surface area (Å²) in [6.07, 6.45) is 3.63. The van der Waals surface area contributed by atoms with Gasteiger partial charge in [0.1, 0.15) is 0 Å². The fourth-order valence-electron chi connectivity index (χ4n) is 2.47. The highest BCUT2D eigenvalue weighted by Gasteiger charge is 2.25. The third-order valence-electron chi connectivity index (χ3n) is 3.48. The number of aryl methyl sites for hydroxylation is 2. The monoisotopic (exact) mass is 290 g/mol. The van der Waals surface area contributed by atoms with Crippen molar-refractivity contribution in [3.8, 4) is 0 Å². The molecule has 0 unspecified atom stereocenters. The molecule has 3 heterocycles. The highest BCUT2D eigenvalue weighted by molar-refractivity contribution is 7.11. The zero-order chi connectivity index (χ0) is 14.1. The number of nitrogens with zero attached hydrogens (tertiary/aromatic N) is 4. The summed E-state index contributed by atoms with van der Waals surface area (Å²) in [5.74, 6) is 0.150. The Morgan fingerprint density at radius 1 is 1.35 bits per heavy atom. The van der Waals surface area contributed by atoms with Crippen LogP contribution in [-0.4, -0.2) is 40.2 Å². The van der Waals surface area contributed by atoms with Gasteiger partial charge in [-0.25, -0.2) is 0 Å². The van der Waals surface area contributed by atoms with Gasteiger partial charge in [-0.1, -0.05) is 0 Å². The van der Waals surface area contributed by atoms with Crippen LogP contribution >= 0.6 is 11.3 Å². The maximum atomic E-state index is 12.3. The van der Waals surface area contributed by atoms with Gasteiger partial charge in [0.15, 0.2) is 0 Å². The number of rotatable bonds is 3. The van der Waals surface area contributed by atoms with Gasteiger partial charge in [-0.15, -0.1) is 11.3 Å². The first-order valence-corrected chi connectivity index (χ1v) is 7.50. The molecule has 20 heavy (non-hydrogen) atoms. The molecule has 2 aromatic rings. The molecule has 1 fully saturated rings. The Bertz CT molecular complexity index is 618. The molecule has 2 aromatic heterocycles. The van der Waals surface area contributed by atoms with Gasteiger partial charge in [0.2, 0.25) is 5.91 Å². The van der Waals surface area contributed by atoms with E-state index in [0.29, 0.717) is 6.54 Å². The molecule has 0 spiro atoms. The Labute approximate surface area is 122 Å². The Morgan fingerprint density at radius 2 is 2.20 bits per heavy atom. The minimum Gasteiger partial charge on any atom is -0.307 e. The summed E-state index contributed by atoms with van der Waals surface area (Å²) < 4.78 is 1.73. The van der Waals surface area contributed by atoms with Crippen LogP contribution in [0.2, 0.25) is 0 Å². The summed E-state index contributed by atoms with van der Waals surface area (Å²) >= 11 is 1.80. The Balaban J connectivity index is 1.63. The van der Waals surface area contributed by atoms with Crippen LogP contribution in [0.25, 0.3) is 0 Å². The number of aromatic nitrogens is 2. The lowest BCUT2D eigenvalue weighted by Gasteiger charge is -2.33. The second-order valence-electron chi connectivity index (χ2n) is 5.14. The van der Waals surface area contributed by atoms with E-state index in [9.17, 15) is 4.79 Å². The maximum Gasteiger partial charge on any atom is 0.241 e. The summed E-state index contributed by atoms with van der Waals surface area (Å²) in [5.41, 5.74) is 0.893. The molecule has 0 N–H and O–H groups in total. The van der Waals surface area contributed by atoms with E-state index in [2.05, 4.69) is 29.1 Å². The van der Waals surface area contributed by atoms with Crippen LogP contribution in [-0.2, 0) is 18.4 Å². The summed E-state index contributed by atoms with van der Waals surface area (Å²) in [4.78, 5) is 18.9. The number of hydrogen-bond acceptors (Lipinski definition) is 4. The van der Waals surface area contributed by atoms with E-state index in [0.717, 1.165) is 25.3 Å². The number of carbonyl (C=O) groups is 1. The van der Waals surface area contributed by atoms with E-state index >= 15 is 0 Å². The van der Waals surface area contributed by atoms with Crippen molar-refractivity contribution in [2.45, 2.75) is 13.5 Å². The normalized spacial score (nSPS) is 16.9. The molecule has 0 aromatic carbocycles. The molecule has 5 nitrogen and oxygen atoms in total. The van der Waals surface area contributed by atoms with E-state index in [4.69, 9.17) is 0 Å². The molecule has 0 saturated carbocycles. The van der Waals surface area contributed by atoms with E-state index in [-0.39, 0.29) is 5.91 Å². The van der Waals surface area contributed by atoms with Gasteiger partial charge in [0, 0.05) is 42.6 Å². The maximum absolute atomic E-state index is 12.3. The van der Waals surface area contributed by atoms with Crippen molar-refractivity contribution < 1.29 is 4.79 Å². The molecule has 0 radical (unpaired) electrons. The number of thiophene rings is 1. The first-order chi connectivity index (χ1) is 9.61. The molecule has 1 saturated heterocycles. The summed E-state index contributed by atoms with van der Waals surface area (Å²) in [6, 6.07) is 4.28. The fraction of sp³-hybridized carbons (Fsp3) is 0.429. The van der Waals surface area contributed by atoms with Crippen LogP contribution in [0.15, 0.2) is 24.5 Å². The molecule has 0 bridgehead atoms. The average Bonchev–Trinajstić information content (AvgIpc) is 2.99. The third kappa shape index (κ3) is 2.76. The lowest BCUT2D eigenvalue weighted by atomic mass is 10.2. The Hall–Kier alpha value is -1.66. The zero-order valence-electron chi connectivity index (χ0n) is 11.7. The first kappa shape index (κ1) is 13.3. The van der Waals surface area contributed by atoms with Crippen molar-refractivity contribution in [2.75, 3.05) is 24.5 Å². The molecule has 1 amide bonds. The summed E-state index contributed by atoms with van der Waals surface area (Å²) in [5, 5.41) is 4.13. The second kappa shape index (κ2) is 5.38. The van der Waals surface area contributed by atoms with Gasteiger partial charge in [-0.3, -0.25) is 14.4 Å². The lowest BCUT2D eigenvalue weighted by Crippen LogP contribution is -2.49. The molecule has 0 aliphatic carbocycles. The van der Waals surface area contributed by atoms with Crippen molar-refractivity contribution in [3.05, 3.63) is 34.3 Å². The van der Waals surface area contributed by atoms with Gasteiger partial charge >= 0.3 is 0 Å². The van der Waals surface area contributed by atoms with E-state index < -0.39 is 0 Å². The van der Waals surface area contributed by atoms with Gasteiger partial charge in [-0.2, -0.15) is 5.10 Å². The van der Waals surface area contributed by atoms with Crippen molar-refractivity contribution in [1.29, 1.82) is 0 Å². The number of hydrogen-bond donors (Lipinski definition) is 0. The van der Waals surface area contributed by atoms with Crippen LogP contribution in [0.5, 0.6) is 0 Å². The molecule has 3 rings (SSSR count). The third-order valence-corrected chi connectivity index (χ3v) is 4.46. The summed E-state index contributed by atoms with van der Waals surface area (Å²) in [7, 11) is 1.86. The van der Waals surface area contributed by atoms with Crippen LogP contribution in [0, 0.1) is 6.92 Å².